The van der Waals surface area contributed by atoms with Crippen LogP contribution < -0.4 is 15.9 Å². The molecule has 2 fully saturated rings. The number of anilines is 1. The average Bonchev–Trinajstić information content (AvgIpc) is 3.51. The standard InChI is InChI=1S/C39H46N6O4S/c1-4-13-36-34(5-2)35(27-45(36)50(47,48)33-18-10-7-11-19-33)37-29(3)25-40-38(42-37)41-32-17-12-16-31(24-32)26-43-20-22-44(23-21-43)39(46)49-28-30-14-8-6-9-15-30/h4-11,13-15,18-19,25,27,31-32H,1,12,16-17,20-24,26,28H2,2-3H3,(H,40,41,42)/b34-5-,36-13+/t31-,32+/m0/s1. The van der Waals surface area contributed by atoms with E-state index in [1.54, 1.807) is 54.9 Å². The van der Waals surface area contributed by atoms with E-state index in [4.69, 9.17) is 9.72 Å². The van der Waals surface area contributed by atoms with E-state index in [1.165, 1.54) is 10.4 Å². The Hall–Kier alpha value is -4.74. The zero-order valence-corrected chi connectivity index (χ0v) is 29.7. The van der Waals surface area contributed by atoms with Crippen LogP contribution >= 0.6 is 0 Å². The molecule has 10 nitrogen and oxygen atoms in total. The maximum absolute atomic E-state index is 13.8. The first-order valence-corrected chi connectivity index (χ1v) is 18.8. The first kappa shape index (κ1) is 35.1. The molecule has 0 bridgehead atoms. The molecule has 2 aromatic carbocycles. The van der Waals surface area contributed by atoms with Gasteiger partial charge in [-0.25, -0.2) is 27.2 Å². The highest BCUT2D eigenvalue weighted by Crippen LogP contribution is 2.28. The minimum absolute atomic E-state index is 0.208. The van der Waals surface area contributed by atoms with Gasteiger partial charge in [0.25, 0.3) is 10.0 Å². The summed E-state index contributed by atoms with van der Waals surface area (Å²) in [5, 5.41) is 4.89. The zero-order valence-electron chi connectivity index (χ0n) is 28.9. The fourth-order valence-electron chi connectivity index (χ4n) is 7.03. The first-order chi connectivity index (χ1) is 24.3. The molecule has 4 aromatic rings. The fourth-order valence-corrected chi connectivity index (χ4v) is 8.42. The molecule has 2 aliphatic rings. The molecule has 1 amide bonds. The number of hydrogen-bond acceptors (Lipinski definition) is 8. The fraction of sp³-hybridized carbons (Fsp3) is 0.359. The number of nitrogens with zero attached hydrogens (tertiary/aromatic N) is 5. The van der Waals surface area contributed by atoms with Gasteiger partial charge in [0.15, 0.2) is 0 Å². The molecule has 1 aliphatic heterocycles. The summed E-state index contributed by atoms with van der Waals surface area (Å²) in [5.41, 5.74) is 3.24. The van der Waals surface area contributed by atoms with Gasteiger partial charge in [-0.2, -0.15) is 0 Å². The number of aryl methyl sites for hydroxylation is 1. The number of piperazine rings is 1. The zero-order chi connectivity index (χ0) is 35.1. The number of ether oxygens (including phenoxy) is 1. The van der Waals surface area contributed by atoms with E-state index in [9.17, 15) is 13.2 Å². The average molecular weight is 695 g/mol. The quantitative estimate of drug-likeness (QED) is 0.242. The Balaban J connectivity index is 1.11. The van der Waals surface area contributed by atoms with Crippen molar-refractivity contribution in [2.75, 3.05) is 38.0 Å². The summed E-state index contributed by atoms with van der Waals surface area (Å²) in [6.07, 6.45) is 12.8. The van der Waals surface area contributed by atoms with Crippen molar-refractivity contribution in [2.24, 2.45) is 5.92 Å². The van der Waals surface area contributed by atoms with Crippen molar-refractivity contribution >= 4 is 34.2 Å². The molecule has 1 saturated carbocycles. The van der Waals surface area contributed by atoms with E-state index >= 15 is 0 Å². The van der Waals surface area contributed by atoms with Gasteiger partial charge in [0.2, 0.25) is 5.95 Å². The molecule has 262 valence electrons. The first-order valence-electron chi connectivity index (χ1n) is 17.4. The normalized spacial score (nSPS) is 19.4. The highest BCUT2D eigenvalue weighted by atomic mass is 32.2. The molecular weight excluding hydrogens is 649 g/mol. The van der Waals surface area contributed by atoms with Crippen LogP contribution in [0.25, 0.3) is 23.4 Å². The molecule has 0 unspecified atom stereocenters. The third kappa shape index (κ3) is 8.00. The summed E-state index contributed by atoms with van der Waals surface area (Å²) in [7, 11) is -3.87. The van der Waals surface area contributed by atoms with Crippen LogP contribution in [0.5, 0.6) is 0 Å². The summed E-state index contributed by atoms with van der Waals surface area (Å²) >= 11 is 0. The number of carbonyl (C=O) groups excluding carboxylic acids is 1. The predicted molar refractivity (Wildman–Crippen MR) is 197 cm³/mol. The van der Waals surface area contributed by atoms with Crippen molar-refractivity contribution < 1.29 is 17.9 Å². The molecule has 50 heavy (non-hydrogen) atoms. The predicted octanol–water partition coefficient (Wildman–Crippen LogP) is 5.18. The van der Waals surface area contributed by atoms with Gasteiger partial charge in [0.05, 0.1) is 15.9 Å². The largest absolute Gasteiger partial charge is 0.445 e. The number of carbonyl (C=O) groups is 1. The van der Waals surface area contributed by atoms with Crippen molar-refractivity contribution in [3.63, 3.8) is 0 Å². The Kier molecular flexibility index (Phi) is 11.1. The summed E-state index contributed by atoms with van der Waals surface area (Å²) in [6.45, 7) is 12.0. The van der Waals surface area contributed by atoms with Gasteiger partial charge in [-0.1, -0.05) is 73.7 Å². The Morgan fingerprint density at radius 3 is 2.46 bits per heavy atom. The summed E-state index contributed by atoms with van der Waals surface area (Å²) < 4.78 is 34.4. The van der Waals surface area contributed by atoms with Crippen LogP contribution in [-0.2, 0) is 21.4 Å². The third-order valence-electron chi connectivity index (χ3n) is 9.61. The summed E-state index contributed by atoms with van der Waals surface area (Å²) in [5.74, 6) is 1.06. The Labute approximate surface area is 294 Å². The summed E-state index contributed by atoms with van der Waals surface area (Å²) in [6, 6.07) is 18.4. The lowest BCUT2D eigenvalue weighted by Crippen LogP contribution is -2.50. The number of amides is 1. The second kappa shape index (κ2) is 15.9. The molecular formula is C39H46N6O4S. The molecule has 2 aromatic heterocycles. The highest BCUT2D eigenvalue weighted by Gasteiger charge is 2.28. The molecule has 0 spiro atoms. The molecule has 1 N–H and O–H groups in total. The second-order valence-corrected chi connectivity index (χ2v) is 14.9. The van der Waals surface area contributed by atoms with Crippen molar-refractivity contribution in [2.45, 2.75) is 57.1 Å². The lowest BCUT2D eigenvalue weighted by Gasteiger charge is -2.38. The van der Waals surface area contributed by atoms with E-state index < -0.39 is 10.0 Å². The lowest BCUT2D eigenvalue weighted by molar-refractivity contribution is 0.0656. The van der Waals surface area contributed by atoms with Crippen LogP contribution in [0.1, 0.15) is 43.7 Å². The maximum atomic E-state index is 13.8. The molecule has 1 aliphatic carbocycles. The number of nitrogens with one attached hydrogen (secondary N) is 1. The van der Waals surface area contributed by atoms with Gasteiger partial charge in [0.1, 0.15) is 6.61 Å². The van der Waals surface area contributed by atoms with Gasteiger partial charge >= 0.3 is 6.09 Å². The Bertz CT molecular complexity index is 2020. The van der Waals surface area contributed by atoms with Gasteiger partial charge in [0, 0.05) is 61.9 Å². The van der Waals surface area contributed by atoms with Crippen molar-refractivity contribution in [1.82, 2.24) is 23.7 Å². The molecule has 0 radical (unpaired) electrons. The van der Waals surface area contributed by atoms with Crippen LogP contribution in [0.15, 0.2) is 90.6 Å². The number of allylic oxidation sites excluding steroid dienone is 1. The van der Waals surface area contributed by atoms with Crippen LogP contribution in [0.3, 0.4) is 0 Å². The van der Waals surface area contributed by atoms with Crippen LogP contribution in [0.4, 0.5) is 10.7 Å². The van der Waals surface area contributed by atoms with E-state index in [1.807, 2.05) is 55.2 Å². The van der Waals surface area contributed by atoms with Gasteiger partial charge in [-0.15, -0.1) is 0 Å². The Morgan fingerprint density at radius 1 is 1.04 bits per heavy atom. The monoisotopic (exact) mass is 694 g/mol. The van der Waals surface area contributed by atoms with E-state index in [0.29, 0.717) is 48.2 Å². The van der Waals surface area contributed by atoms with Gasteiger partial charge in [-0.05, 0) is 68.4 Å². The Morgan fingerprint density at radius 2 is 1.76 bits per heavy atom. The van der Waals surface area contributed by atoms with Crippen molar-refractivity contribution in [3.05, 3.63) is 107 Å². The summed E-state index contributed by atoms with van der Waals surface area (Å²) in [4.78, 5) is 26.7. The number of rotatable bonds is 10. The van der Waals surface area contributed by atoms with Crippen LogP contribution in [0.2, 0.25) is 0 Å². The lowest BCUT2D eigenvalue weighted by atomic mass is 9.85. The maximum Gasteiger partial charge on any atom is 0.410 e. The molecule has 11 heteroatoms. The van der Waals surface area contributed by atoms with Crippen molar-refractivity contribution in [1.29, 1.82) is 0 Å². The van der Waals surface area contributed by atoms with Gasteiger partial charge < -0.3 is 15.0 Å². The highest BCUT2D eigenvalue weighted by molar-refractivity contribution is 7.90. The second-order valence-electron chi connectivity index (χ2n) is 13.1. The topological polar surface area (TPSA) is 110 Å². The number of hydrogen-bond donors (Lipinski definition) is 1. The number of aromatic nitrogens is 3. The molecule has 2 atom stereocenters. The molecule has 3 heterocycles. The SMILES string of the molecule is C=C/C=c1\c(=C/C)c(-c2nc(N[C@@H]3CCC[C@H](CN4CCN(C(=O)OCc5ccccc5)CC4)C3)ncc2C)cn1S(=O)(=O)c1ccccc1. The minimum Gasteiger partial charge on any atom is -0.445 e. The number of benzene rings is 2. The minimum atomic E-state index is -3.87. The molecule has 6 rings (SSSR count). The third-order valence-corrected chi connectivity index (χ3v) is 11.3. The van der Waals surface area contributed by atoms with E-state index in [2.05, 4.69) is 21.8 Å². The van der Waals surface area contributed by atoms with Gasteiger partial charge in [-0.3, -0.25) is 4.90 Å². The van der Waals surface area contributed by atoms with E-state index in [0.717, 1.165) is 55.2 Å². The van der Waals surface area contributed by atoms with Crippen LogP contribution in [0, 0.1) is 12.8 Å². The smallest absolute Gasteiger partial charge is 0.410 e. The molecule has 1 saturated heterocycles. The van der Waals surface area contributed by atoms with Crippen molar-refractivity contribution in [3.8, 4) is 11.3 Å². The van der Waals surface area contributed by atoms with E-state index in [-0.39, 0.29) is 17.0 Å². The van der Waals surface area contributed by atoms with Crippen LogP contribution in [-0.4, -0.2) is 77.0 Å².